The van der Waals surface area contributed by atoms with E-state index < -0.39 is 11.7 Å². The van der Waals surface area contributed by atoms with Crippen molar-refractivity contribution in [2.45, 2.75) is 18.0 Å². The summed E-state index contributed by atoms with van der Waals surface area (Å²) in [7, 11) is 0. The number of benzene rings is 2. The summed E-state index contributed by atoms with van der Waals surface area (Å²) in [5, 5.41) is 0.182. The van der Waals surface area contributed by atoms with Crippen LogP contribution in [0.4, 0.5) is 13.2 Å². The second-order valence-electron chi connectivity index (χ2n) is 4.53. The van der Waals surface area contributed by atoms with Crippen LogP contribution in [0.2, 0.25) is 5.02 Å². The van der Waals surface area contributed by atoms with E-state index in [9.17, 15) is 13.2 Å². The molecule has 112 valence electrons. The molecule has 0 radical (unpaired) electrons. The van der Waals surface area contributed by atoms with E-state index in [2.05, 4.69) is 15.9 Å². The fourth-order valence-corrected chi connectivity index (χ4v) is 3.10. The van der Waals surface area contributed by atoms with Crippen molar-refractivity contribution in [2.24, 2.45) is 0 Å². The number of alkyl halides is 4. The first kappa shape index (κ1) is 16.7. The Balaban J connectivity index is 2.16. The number of halogens is 6. The van der Waals surface area contributed by atoms with E-state index in [1.54, 1.807) is 18.2 Å². The second kappa shape index (κ2) is 6.59. The summed E-state index contributed by atoms with van der Waals surface area (Å²) < 4.78 is 38.3. The Morgan fingerprint density at radius 3 is 2.24 bits per heavy atom. The molecule has 0 aliphatic carbocycles. The number of hydrogen-bond donors (Lipinski definition) is 0. The molecule has 0 amide bonds. The van der Waals surface area contributed by atoms with Gasteiger partial charge in [-0.15, -0.1) is 11.6 Å². The molecule has 2 rings (SSSR count). The van der Waals surface area contributed by atoms with Gasteiger partial charge in [-0.05, 0) is 47.9 Å². The van der Waals surface area contributed by atoms with Crippen LogP contribution in [-0.4, -0.2) is 0 Å². The maximum atomic E-state index is 12.5. The molecule has 6 heteroatoms. The van der Waals surface area contributed by atoms with E-state index in [0.29, 0.717) is 11.4 Å². The fourth-order valence-electron chi connectivity index (χ4n) is 1.90. The van der Waals surface area contributed by atoms with Crippen molar-refractivity contribution in [3.63, 3.8) is 0 Å². The van der Waals surface area contributed by atoms with Crippen molar-refractivity contribution in [1.82, 2.24) is 0 Å². The van der Waals surface area contributed by atoms with Gasteiger partial charge < -0.3 is 0 Å². The Hall–Kier alpha value is -0.710. The molecule has 0 heterocycles. The first-order valence-corrected chi connectivity index (χ1v) is 7.63. The van der Waals surface area contributed by atoms with Gasteiger partial charge >= 0.3 is 6.18 Å². The molecular formula is C15H10BrCl2F3. The van der Waals surface area contributed by atoms with Gasteiger partial charge in [0, 0.05) is 9.50 Å². The van der Waals surface area contributed by atoms with Crippen LogP contribution >= 0.6 is 39.1 Å². The molecule has 0 aliphatic rings. The predicted molar refractivity (Wildman–Crippen MR) is 82.9 cm³/mol. The van der Waals surface area contributed by atoms with Gasteiger partial charge in [0.05, 0.1) is 10.9 Å². The average Bonchev–Trinajstić information content (AvgIpc) is 2.41. The van der Waals surface area contributed by atoms with Crippen molar-refractivity contribution < 1.29 is 13.2 Å². The summed E-state index contributed by atoms with van der Waals surface area (Å²) in [4.78, 5) is 0. The molecule has 1 atom stereocenters. The lowest BCUT2D eigenvalue weighted by Gasteiger charge is -2.13. The minimum absolute atomic E-state index is 0.380. The Morgan fingerprint density at radius 2 is 1.67 bits per heavy atom. The molecular weight excluding hydrogens is 388 g/mol. The van der Waals surface area contributed by atoms with Gasteiger partial charge in [0.25, 0.3) is 0 Å². The highest BCUT2D eigenvalue weighted by atomic mass is 79.9. The van der Waals surface area contributed by atoms with Crippen molar-refractivity contribution in [3.05, 3.63) is 68.7 Å². The largest absolute Gasteiger partial charge is 0.416 e. The molecule has 0 bridgehead atoms. The molecule has 2 aromatic rings. The minimum Gasteiger partial charge on any atom is -0.166 e. The van der Waals surface area contributed by atoms with E-state index in [0.717, 1.165) is 27.7 Å². The average molecular weight is 398 g/mol. The van der Waals surface area contributed by atoms with Crippen LogP contribution in [0.25, 0.3) is 0 Å². The maximum absolute atomic E-state index is 12.5. The van der Waals surface area contributed by atoms with Gasteiger partial charge in [0.2, 0.25) is 0 Å². The van der Waals surface area contributed by atoms with Crippen molar-refractivity contribution in [2.75, 3.05) is 0 Å². The monoisotopic (exact) mass is 396 g/mol. The van der Waals surface area contributed by atoms with E-state index in [4.69, 9.17) is 23.2 Å². The molecule has 2 aromatic carbocycles. The molecule has 21 heavy (non-hydrogen) atoms. The molecule has 1 unspecified atom stereocenters. The van der Waals surface area contributed by atoms with Crippen molar-refractivity contribution >= 4 is 39.1 Å². The lowest BCUT2D eigenvalue weighted by atomic mass is 10.0. The van der Waals surface area contributed by atoms with Gasteiger partial charge in [-0.2, -0.15) is 13.2 Å². The zero-order valence-electron chi connectivity index (χ0n) is 10.6. The third kappa shape index (κ3) is 4.38. The third-order valence-corrected chi connectivity index (χ3v) is 4.34. The second-order valence-corrected chi connectivity index (χ2v) is 6.35. The van der Waals surface area contributed by atoms with E-state index >= 15 is 0 Å². The molecule has 0 saturated carbocycles. The fraction of sp³-hybridized carbons (Fsp3) is 0.200. The summed E-state index contributed by atoms with van der Waals surface area (Å²) in [6.45, 7) is 0. The molecule has 0 spiro atoms. The van der Waals surface area contributed by atoms with Crippen LogP contribution < -0.4 is 0 Å². The lowest BCUT2D eigenvalue weighted by Crippen LogP contribution is -2.05. The standard InChI is InChI=1S/C15H10BrCl2F3/c16-13-6-5-11(17)8-12(13)14(18)7-9-1-3-10(4-2-9)15(19,20)21/h1-6,8,14H,7H2. The van der Waals surface area contributed by atoms with Gasteiger partial charge in [-0.1, -0.05) is 39.7 Å². The molecule has 0 N–H and O–H groups in total. The lowest BCUT2D eigenvalue weighted by molar-refractivity contribution is -0.137. The van der Waals surface area contributed by atoms with Gasteiger partial charge in [0.15, 0.2) is 0 Å². The van der Waals surface area contributed by atoms with Crippen molar-refractivity contribution in [1.29, 1.82) is 0 Å². The zero-order valence-corrected chi connectivity index (χ0v) is 13.7. The Kier molecular flexibility index (Phi) is 5.23. The SMILES string of the molecule is FC(F)(F)c1ccc(CC(Cl)c2cc(Cl)ccc2Br)cc1. The highest BCUT2D eigenvalue weighted by Crippen LogP contribution is 2.34. The van der Waals surface area contributed by atoms with Crippen LogP contribution in [-0.2, 0) is 12.6 Å². The Morgan fingerprint density at radius 1 is 1.05 bits per heavy atom. The molecule has 0 saturated heterocycles. The van der Waals surface area contributed by atoms with Gasteiger partial charge in [-0.3, -0.25) is 0 Å². The quantitative estimate of drug-likeness (QED) is 0.509. The Bertz CT molecular complexity index is 624. The summed E-state index contributed by atoms with van der Waals surface area (Å²) >= 11 is 15.7. The van der Waals surface area contributed by atoms with E-state index in [1.807, 2.05) is 0 Å². The van der Waals surface area contributed by atoms with E-state index in [1.165, 1.54) is 12.1 Å². The van der Waals surface area contributed by atoms with Crippen LogP contribution in [0.5, 0.6) is 0 Å². The topological polar surface area (TPSA) is 0 Å². The van der Waals surface area contributed by atoms with Crippen molar-refractivity contribution in [3.8, 4) is 0 Å². The third-order valence-electron chi connectivity index (χ3n) is 2.99. The van der Waals surface area contributed by atoms with E-state index in [-0.39, 0.29) is 5.38 Å². The zero-order chi connectivity index (χ0) is 15.6. The molecule has 0 fully saturated rings. The molecule has 0 nitrogen and oxygen atoms in total. The van der Waals surface area contributed by atoms with Gasteiger partial charge in [0.1, 0.15) is 0 Å². The summed E-state index contributed by atoms with van der Waals surface area (Å²) in [5.74, 6) is 0. The normalized spacial score (nSPS) is 13.2. The minimum atomic E-state index is -4.32. The van der Waals surface area contributed by atoms with Gasteiger partial charge in [-0.25, -0.2) is 0 Å². The van der Waals surface area contributed by atoms with Crippen LogP contribution in [0, 0.1) is 0 Å². The first-order valence-electron chi connectivity index (χ1n) is 6.02. The summed E-state index contributed by atoms with van der Waals surface area (Å²) in [6, 6.07) is 10.3. The highest BCUT2D eigenvalue weighted by Gasteiger charge is 2.30. The number of hydrogen-bond acceptors (Lipinski definition) is 0. The van der Waals surface area contributed by atoms with Crippen LogP contribution in [0.15, 0.2) is 46.9 Å². The molecule has 0 aromatic heterocycles. The predicted octanol–water partition coefficient (Wildman–Crippen LogP) is 6.64. The summed E-state index contributed by atoms with van der Waals surface area (Å²) in [6.07, 6.45) is -3.91. The summed E-state index contributed by atoms with van der Waals surface area (Å²) in [5.41, 5.74) is 0.875. The van der Waals surface area contributed by atoms with Crippen LogP contribution in [0.3, 0.4) is 0 Å². The highest BCUT2D eigenvalue weighted by molar-refractivity contribution is 9.10. The number of rotatable bonds is 3. The Labute approximate surface area is 139 Å². The first-order chi connectivity index (χ1) is 9.77. The van der Waals surface area contributed by atoms with Crippen LogP contribution in [0.1, 0.15) is 22.1 Å². The molecule has 0 aliphatic heterocycles. The maximum Gasteiger partial charge on any atom is 0.416 e. The smallest absolute Gasteiger partial charge is 0.166 e.